The van der Waals surface area contributed by atoms with Gasteiger partial charge in [0.1, 0.15) is 11.6 Å². The van der Waals surface area contributed by atoms with Crippen molar-refractivity contribution in [3.63, 3.8) is 0 Å². The zero-order chi connectivity index (χ0) is 16.1. The number of nitrogens with one attached hydrogen (secondary N) is 1. The number of anilines is 1. The van der Waals surface area contributed by atoms with E-state index < -0.39 is 11.6 Å². The summed E-state index contributed by atoms with van der Waals surface area (Å²) in [7, 11) is 0. The fourth-order valence-electron chi connectivity index (χ4n) is 2.26. The molecule has 5 heteroatoms. The molecule has 0 saturated carbocycles. The van der Waals surface area contributed by atoms with Crippen molar-refractivity contribution in [1.82, 2.24) is 0 Å². The van der Waals surface area contributed by atoms with Crippen LogP contribution in [0.15, 0.2) is 41.4 Å². The van der Waals surface area contributed by atoms with Crippen LogP contribution >= 0.6 is 0 Å². The van der Waals surface area contributed by atoms with Crippen LogP contribution in [0.3, 0.4) is 0 Å². The Morgan fingerprint density at radius 2 is 1.77 bits per heavy atom. The second-order valence-corrected chi connectivity index (χ2v) is 5.25. The fourth-order valence-corrected chi connectivity index (χ4v) is 2.26. The van der Waals surface area contributed by atoms with Gasteiger partial charge in [0.25, 0.3) is 0 Å². The van der Waals surface area contributed by atoms with Crippen molar-refractivity contribution in [2.75, 3.05) is 11.9 Å². The molecule has 3 nitrogen and oxygen atoms in total. The van der Waals surface area contributed by atoms with Gasteiger partial charge in [0.05, 0.1) is 0 Å². The van der Waals surface area contributed by atoms with Gasteiger partial charge in [-0.1, -0.05) is 12.1 Å². The van der Waals surface area contributed by atoms with E-state index in [9.17, 15) is 8.78 Å². The van der Waals surface area contributed by atoms with Gasteiger partial charge in [-0.3, -0.25) is 4.99 Å². The molecule has 0 amide bonds. The average molecular weight is 303 g/mol. The lowest BCUT2D eigenvalue weighted by Crippen LogP contribution is -2.23. The van der Waals surface area contributed by atoms with Crippen molar-refractivity contribution in [3.8, 4) is 0 Å². The Bertz CT molecular complexity index is 676. The average Bonchev–Trinajstić information content (AvgIpc) is 2.40. The fraction of sp³-hybridized carbons (Fsp3) is 0.235. The zero-order valence-electron chi connectivity index (χ0n) is 12.7. The number of rotatable bonds is 4. The Hall–Kier alpha value is -2.43. The number of hydrogen-bond acceptors (Lipinski definition) is 1. The third-order valence-corrected chi connectivity index (χ3v) is 3.17. The summed E-state index contributed by atoms with van der Waals surface area (Å²) in [5.41, 5.74) is 9.36. The molecule has 116 valence electrons. The molecule has 22 heavy (non-hydrogen) atoms. The van der Waals surface area contributed by atoms with Crippen LogP contribution in [-0.4, -0.2) is 12.5 Å². The van der Waals surface area contributed by atoms with E-state index in [1.165, 1.54) is 12.1 Å². The number of hydrogen-bond donors (Lipinski definition) is 2. The first-order chi connectivity index (χ1) is 10.4. The van der Waals surface area contributed by atoms with Gasteiger partial charge < -0.3 is 11.1 Å². The molecular formula is C17H19F2N3. The van der Waals surface area contributed by atoms with Crippen molar-refractivity contribution in [3.05, 3.63) is 64.7 Å². The molecule has 2 rings (SSSR count). The summed E-state index contributed by atoms with van der Waals surface area (Å²) in [6.45, 7) is 4.33. The second-order valence-electron chi connectivity index (χ2n) is 5.25. The normalized spacial score (nSPS) is 11.5. The predicted octanol–water partition coefficient (Wildman–Crippen LogP) is 3.55. The second kappa shape index (κ2) is 7.02. The molecule has 0 saturated heterocycles. The van der Waals surface area contributed by atoms with Gasteiger partial charge >= 0.3 is 0 Å². The zero-order valence-corrected chi connectivity index (χ0v) is 12.7. The van der Waals surface area contributed by atoms with E-state index in [-0.39, 0.29) is 5.96 Å². The van der Waals surface area contributed by atoms with E-state index >= 15 is 0 Å². The topological polar surface area (TPSA) is 50.4 Å². The minimum Gasteiger partial charge on any atom is -0.370 e. The van der Waals surface area contributed by atoms with Crippen LogP contribution in [0, 0.1) is 25.5 Å². The highest BCUT2D eigenvalue weighted by molar-refractivity contribution is 5.92. The van der Waals surface area contributed by atoms with E-state index in [2.05, 4.69) is 16.4 Å². The van der Waals surface area contributed by atoms with Crippen molar-refractivity contribution < 1.29 is 8.78 Å². The molecular weight excluding hydrogens is 284 g/mol. The first-order valence-electron chi connectivity index (χ1n) is 7.03. The maximum absolute atomic E-state index is 13.5. The van der Waals surface area contributed by atoms with Crippen LogP contribution in [0.5, 0.6) is 0 Å². The van der Waals surface area contributed by atoms with Gasteiger partial charge in [0.15, 0.2) is 5.96 Å². The standard InChI is InChI=1S/C17H19F2N3/c1-11-7-12(2)9-15(8-11)22-17(20)21-6-5-13-3-4-14(18)10-16(13)19/h3-4,7-10H,5-6H2,1-2H3,(H3,20,21,22). The maximum Gasteiger partial charge on any atom is 0.193 e. The van der Waals surface area contributed by atoms with E-state index in [1.54, 1.807) is 0 Å². The van der Waals surface area contributed by atoms with E-state index in [1.807, 2.05) is 26.0 Å². The highest BCUT2D eigenvalue weighted by Gasteiger charge is 2.03. The molecule has 0 aliphatic rings. The summed E-state index contributed by atoms with van der Waals surface area (Å²) in [5, 5.41) is 3.01. The van der Waals surface area contributed by atoms with Crippen molar-refractivity contribution in [1.29, 1.82) is 0 Å². The number of nitrogens with two attached hydrogens (primary N) is 1. The Balaban J connectivity index is 1.95. The van der Waals surface area contributed by atoms with Crippen molar-refractivity contribution >= 4 is 11.6 Å². The largest absolute Gasteiger partial charge is 0.370 e. The molecule has 0 fully saturated rings. The number of benzene rings is 2. The molecule has 0 aliphatic carbocycles. The first-order valence-corrected chi connectivity index (χ1v) is 7.03. The Morgan fingerprint density at radius 3 is 2.41 bits per heavy atom. The summed E-state index contributed by atoms with van der Waals surface area (Å²) < 4.78 is 26.3. The molecule has 0 bridgehead atoms. The minimum atomic E-state index is -0.583. The lowest BCUT2D eigenvalue weighted by Gasteiger charge is -2.08. The predicted molar refractivity (Wildman–Crippen MR) is 86.1 cm³/mol. The lowest BCUT2D eigenvalue weighted by molar-refractivity contribution is 0.572. The highest BCUT2D eigenvalue weighted by atomic mass is 19.1. The van der Waals surface area contributed by atoms with Gasteiger partial charge in [0, 0.05) is 18.3 Å². The monoisotopic (exact) mass is 303 g/mol. The van der Waals surface area contributed by atoms with Crippen LogP contribution in [0.2, 0.25) is 0 Å². The van der Waals surface area contributed by atoms with Gasteiger partial charge in [0.2, 0.25) is 0 Å². The van der Waals surface area contributed by atoms with Gasteiger partial charge in [-0.2, -0.15) is 0 Å². The van der Waals surface area contributed by atoms with Crippen LogP contribution in [0.4, 0.5) is 14.5 Å². The summed E-state index contributed by atoms with van der Waals surface area (Å²) >= 11 is 0. The smallest absolute Gasteiger partial charge is 0.193 e. The molecule has 0 atom stereocenters. The Labute approximate surface area is 128 Å². The number of aryl methyl sites for hydroxylation is 2. The SMILES string of the molecule is Cc1cc(C)cc(NC(N)=NCCc2ccc(F)cc2F)c1. The molecule has 0 heterocycles. The molecule has 2 aromatic carbocycles. The third kappa shape index (κ3) is 4.55. The molecule has 0 aromatic heterocycles. The molecule has 0 radical (unpaired) electrons. The summed E-state index contributed by atoms with van der Waals surface area (Å²) in [6, 6.07) is 9.53. The van der Waals surface area contributed by atoms with Crippen LogP contribution in [0.25, 0.3) is 0 Å². The van der Waals surface area contributed by atoms with Crippen LogP contribution in [-0.2, 0) is 6.42 Å². The number of nitrogens with zero attached hydrogens (tertiary/aromatic N) is 1. The molecule has 3 N–H and O–H groups in total. The highest BCUT2D eigenvalue weighted by Crippen LogP contribution is 2.13. The maximum atomic E-state index is 13.5. The van der Waals surface area contributed by atoms with Crippen LogP contribution < -0.4 is 11.1 Å². The molecule has 0 aliphatic heterocycles. The Morgan fingerprint density at radius 1 is 1.09 bits per heavy atom. The summed E-state index contributed by atoms with van der Waals surface area (Å²) in [4.78, 5) is 4.16. The van der Waals surface area contributed by atoms with Gasteiger partial charge in [-0.05, 0) is 55.2 Å². The van der Waals surface area contributed by atoms with Crippen LogP contribution in [0.1, 0.15) is 16.7 Å². The van der Waals surface area contributed by atoms with Crippen molar-refractivity contribution in [2.24, 2.45) is 10.7 Å². The lowest BCUT2D eigenvalue weighted by atomic mass is 10.1. The van der Waals surface area contributed by atoms with E-state index in [0.717, 1.165) is 22.9 Å². The quantitative estimate of drug-likeness (QED) is 0.670. The third-order valence-electron chi connectivity index (χ3n) is 3.17. The first kappa shape index (κ1) is 15.9. The molecule has 2 aromatic rings. The Kier molecular flexibility index (Phi) is 5.09. The van der Waals surface area contributed by atoms with E-state index in [4.69, 9.17) is 5.73 Å². The summed E-state index contributed by atoms with van der Waals surface area (Å²) in [5.74, 6) is -0.871. The molecule has 0 spiro atoms. The molecule has 0 unspecified atom stereocenters. The minimum absolute atomic E-state index is 0.271. The van der Waals surface area contributed by atoms with Gasteiger partial charge in [-0.25, -0.2) is 8.78 Å². The van der Waals surface area contributed by atoms with E-state index in [0.29, 0.717) is 18.5 Å². The number of halogens is 2. The summed E-state index contributed by atoms with van der Waals surface area (Å²) in [6.07, 6.45) is 0.362. The number of guanidine groups is 1. The van der Waals surface area contributed by atoms with Gasteiger partial charge in [-0.15, -0.1) is 0 Å². The number of aliphatic imine (C=N–C) groups is 1. The van der Waals surface area contributed by atoms with Crippen molar-refractivity contribution in [2.45, 2.75) is 20.3 Å².